The van der Waals surface area contributed by atoms with Gasteiger partial charge in [0.2, 0.25) is 5.91 Å². The van der Waals surface area contributed by atoms with Crippen molar-refractivity contribution in [2.75, 3.05) is 18.2 Å². The summed E-state index contributed by atoms with van der Waals surface area (Å²) in [6.45, 7) is 1.90. The van der Waals surface area contributed by atoms with Crippen molar-refractivity contribution in [3.8, 4) is 0 Å². The van der Waals surface area contributed by atoms with E-state index in [0.29, 0.717) is 12.1 Å². The van der Waals surface area contributed by atoms with Crippen LogP contribution >= 0.6 is 0 Å². The van der Waals surface area contributed by atoms with Crippen molar-refractivity contribution in [1.29, 1.82) is 0 Å². The van der Waals surface area contributed by atoms with E-state index in [1.807, 2.05) is 6.92 Å². The number of rotatable bonds is 5. The third-order valence-electron chi connectivity index (χ3n) is 3.96. The van der Waals surface area contributed by atoms with Gasteiger partial charge in [-0.25, -0.2) is 12.8 Å². The molecule has 4 nitrogen and oxygen atoms in total. The van der Waals surface area contributed by atoms with Crippen molar-refractivity contribution in [3.63, 3.8) is 0 Å². The SMILES string of the molecule is CCC(C(=O)N(C)c1ccc(S(C)(=O)=O)cc1)c1ccc(F)cc1. The summed E-state index contributed by atoms with van der Waals surface area (Å²) in [7, 11) is -1.63. The molecule has 0 N–H and O–H groups in total. The zero-order chi connectivity index (χ0) is 17.9. The maximum Gasteiger partial charge on any atom is 0.234 e. The van der Waals surface area contributed by atoms with E-state index < -0.39 is 9.84 Å². The van der Waals surface area contributed by atoms with Gasteiger partial charge < -0.3 is 4.90 Å². The van der Waals surface area contributed by atoms with Crippen LogP contribution in [0.5, 0.6) is 0 Å². The van der Waals surface area contributed by atoms with E-state index in [0.717, 1.165) is 11.8 Å². The molecule has 2 aromatic carbocycles. The molecule has 0 fully saturated rings. The number of likely N-dealkylation sites (N-methyl/N-ethyl adjacent to an activating group) is 1. The molecule has 24 heavy (non-hydrogen) atoms. The summed E-state index contributed by atoms with van der Waals surface area (Å²) >= 11 is 0. The van der Waals surface area contributed by atoms with Gasteiger partial charge >= 0.3 is 0 Å². The smallest absolute Gasteiger partial charge is 0.234 e. The van der Waals surface area contributed by atoms with Gasteiger partial charge in [-0.1, -0.05) is 19.1 Å². The highest BCUT2D eigenvalue weighted by atomic mass is 32.2. The average Bonchev–Trinajstić information content (AvgIpc) is 2.55. The van der Waals surface area contributed by atoms with Gasteiger partial charge in [0.25, 0.3) is 0 Å². The summed E-state index contributed by atoms with van der Waals surface area (Å²) in [6, 6.07) is 12.1. The summed E-state index contributed by atoms with van der Waals surface area (Å²) in [5.74, 6) is -0.854. The Morgan fingerprint density at radius 2 is 1.62 bits per heavy atom. The molecule has 6 heteroatoms. The molecule has 0 aliphatic heterocycles. The van der Waals surface area contributed by atoms with E-state index in [4.69, 9.17) is 0 Å². The predicted octanol–water partition coefficient (Wildman–Crippen LogP) is 3.39. The molecule has 0 radical (unpaired) electrons. The van der Waals surface area contributed by atoms with Gasteiger partial charge in [-0.2, -0.15) is 0 Å². The van der Waals surface area contributed by atoms with Crippen LogP contribution in [0.15, 0.2) is 53.4 Å². The van der Waals surface area contributed by atoms with Crippen LogP contribution in [-0.2, 0) is 14.6 Å². The fourth-order valence-electron chi connectivity index (χ4n) is 2.53. The number of carbonyl (C=O) groups excluding carboxylic acids is 1. The number of hydrogen-bond donors (Lipinski definition) is 0. The average molecular weight is 349 g/mol. The molecule has 0 aliphatic carbocycles. The molecule has 0 aromatic heterocycles. The number of benzene rings is 2. The van der Waals surface area contributed by atoms with Crippen LogP contribution in [0.2, 0.25) is 0 Å². The monoisotopic (exact) mass is 349 g/mol. The highest BCUT2D eigenvalue weighted by Crippen LogP contribution is 2.25. The van der Waals surface area contributed by atoms with Gasteiger partial charge in [0.05, 0.1) is 10.8 Å². The van der Waals surface area contributed by atoms with E-state index >= 15 is 0 Å². The van der Waals surface area contributed by atoms with Crippen LogP contribution in [0.4, 0.5) is 10.1 Å². The first-order valence-corrected chi connectivity index (χ1v) is 9.46. The molecule has 128 valence electrons. The number of nitrogens with zero attached hydrogens (tertiary/aromatic N) is 1. The Hall–Kier alpha value is -2.21. The second kappa shape index (κ2) is 7.13. The first kappa shape index (κ1) is 18.1. The molecule has 0 heterocycles. The summed E-state index contributed by atoms with van der Waals surface area (Å²) < 4.78 is 36.1. The summed E-state index contributed by atoms with van der Waals surface area (Å²) in [6.07, 6.45) is 1.72. The standard InChI is InChI=1S/C18H20FNO3S/c1-4-17(13-5-7-14(19)8-6-13)18(21)20(2)15-9-11-16(12-10-15)24(3,22)23/h5-12,17H,4H2,1-3H3. The zero-order valence-electron chi connectivity index (χ0n) is 13.9. The topological polar surface area (TPSA) is 54.5 Å². The van der Waals surface area contributed by atoms with Crippen molar-refractivity contribution >= 4 is 21.4 Å². The molecule has 1 amide bonds. The number of halogens is 1. The quantitative estimate of drug-likeness (QED) is 0.831. The van der Waals surface area contributed by atoms with Gasteiger partial charge in [0.15, 0.2) is 9.84 Å². The van der Waals surface area contributed by atoms with E-state index in [-0.39, 0.29) is 22.5 Å². The van der Waals surface area contributed by atoms with Crippen LogP contribution in [-0.4, -0.2) is 27.6 Å². The molecule has 0 aliphatic rings. The van der Waals surface area contributed by atoms with Gasteiger partial charge in [-0.3, -0.25) is 4.79 Å². The zero-order valence-corrected chi connectivity index (χ0v) is 14.7. The first-order valence-electron chi connectivity index (χ1n) is 7.57. The van der Waals surface area contributed by atoms with E-state index in [2.05, 4.69) is 0 Å². The van der Waals surface area contributed by atoms with Crippen molar-refractivity contribution in [2.24, 2.45) is 0 Å². The molecular weight excluding hydrogens is 329 g/mol. The van der Waals surface area contributed by atoms with Crippen molar-refractivity contribution in [2.45, 2.75) is 24.2 Å². The van der Waals surface area contributed by atoms with Crippen LogP contribution in [0, 0.1) is 5.82 Å². The fourth-order valence-corrected chi connectivity index (χ4v) is 3.16. The maximum absolute atomic E-state index is 13.1. The Balaban J connectivity index is 2.25. The summed E-state index contributed by atoms with van der Waals surface area (Å²) in [5, 5.41) is 0. The second-order valence-corrected chi connectivity index (χ2v) is 7.69. The van der Waals surface area contributed by atoms with Gasteiger partial charge in [-0.05, 0) is 48.4 Å². The third-order valence-corrected chi connectivity index (χ3v) is 5.09. The first-order chi connectivity index (χ1) is 11.2. The predicted molar refractivity (Wildman–Crippen MR) is 92.4 cm³/mol. The maximum atomic E-state index is 13.1. The van der Waals surface area contributed by atoms with Crippen LogP contribution in [0.25, 0.3) is 0 Å². The lowest BCUT2D eigenvalue weighted by Crippen LogP contribution is -2.31. The van der Waals surface area contributed by atoms with Gasteiger partial charge in [0.1, 0.15) is 5.82 Å². The highest BCUT2D eigenvalue weighted by Gasteiger charge is 2.23. The largest absolute Gasteiger partial charge is 0.315 e. The van der Waals surface area contributed by atoms with Crippen molar-refractivity contribution in [3.05, 3.63) is 59.9 Å². The number of sulfone groups is 1. The fraction of sp³-hybridized carbons (Fsp3) is 0.278. The van der Waals surface area contributed by atoms with Crippen LogP contribution in [0.3, 0.4) is 0 Å². The highest BCUT2D eigenvalue weighted by molar-refractivity contribution is 7.90. The number of hydrogen-bond acceptors (Lipinski definition) is 3. The lowest BCUT2D eigenvalue weighted by atomic mass is 9.95. The third kappa shape index (κ3) is 4.00. The molecule has 1 atom stereocenters. The number of anilines is 1. The Kier molecular flexibility index (Phi) is 5.39. The van der Waals surface area contributed by atoms with Crippen molar-refractivity contribution < 1.29 is 17.6 Å². The van der Waals surface area contributed by atoms with E-state index in [1.165, 1.54) is 29.2 Å². The summed E-state index contributed by atoms with van der Waals surface area (Å²) in [4.78, 5) is 14.5. The molecule has 2 aromatic rings. The normalized spacial score (nSPS) is 12.7. The van der Waals surface area contributed by atoms with Gasteiger partial charge in [0, 0.05) is 19.0 Å². The molecule has 1 unspecified atom stereocenters. The Morgan fingerprint density at radius 1 is 1.08 bits per heavy atom. The van der Waals surface area contributed by atoms with Crippen LogP contribution < -0.4 is 4.90 Å². The van der Waals surface area contributed by atoms with E-state index in [9.17, 15) is 17.6 Å². The molecule has 0 spiro atoms. The number of carbonyl (C=O) groups is 1. The van der Waals surface area contributed by atoms with E-state index in [1.54, 1.807) is 31.3 Å². The molecule has 0 bridgehead atoms. The minimum atomic E-state index is -3.27. The molecule has 0 saturated carbocycles. The summed E-state index contributed by atoms with van der Waals surface area (Å²) in [5.41, 5.74) is 1.36. The molecular formula is C18H20FNO3S. The minimum absolute atomic E-state index is 0.129. The molecule has 0 saturated heterocycles. The Morgan fingerprint density at radius 3 is 2.08 bits per heavy atom. The van der Waals surface area contributed by atoms with Crippen LogP contribution in [0.1, 0.15) is 24.8 Å². The molecule has 2 rings (SSSR count). The van der Waals surface area contributed by atoms with Gasteiger partial charge in [-0.15, -0.1) is 0 Å². The second-order valence-electron chi connectivity index (χ2n) is 5.68. The minimum Gasteiger partial charge on any atom is -0.315 e. The Labute approximate surface area is 141 Å². The Bertz CT molecular complexity index is 814. The lowest BCUT2D eigenvalue weighted by Gasteiger charge is -2.23. The van der Waals surface area contributed by atoms with Crippen molar-refractivity contribution in [1.82, 2.24) is 0 Å². The lowest BCUT2D eigenvalue weighted by molar-refractivity contribution is -0.119. The number of amides is 1.